The molecule has 1 aliphatic rings. The number of hydrogen-bond acceptors (Lipinski definition) is 3. The van der Waals surface area contributed by atoms with E-state index in [1.165, 1.54) is 6.07 Å². The van der Waals surface area contributed by atoms with E-state index < -0.39 is 5.82 Å². The molecule has 0 unspecified atom stereocenters. The lowest BCUT2D eigenvalue weighted by atomic mass is 10.0. The molecule has 1 aliphatic heterocycles. The van der Waals surface area contributed by atoms with Crippen molar-refractivity contribution in [2.75, 3.05) is 26.2 Å². The van der Waals surface area contributed by atoms with Crippen LogP contribution in [0.5, 0.6) is 0 Å². The first-order chi connectivity index (χ1) is 9.77. The molecule has 21 heavy (non-hydrogen) atoms. The Kier molecular flexibility index (Phi) is 5.65. The standard InChI is InChI=1S/C15H16ClFN2O.ClH/c16-14-11(3-1-4-12(14)17)15(13-5-2-10-20-13)19-8-6-18-7-9-19;/h1-5,10,15,18H,6-9H2;1H/t15-;/m0./s1. The maximum atomic E-state index is 13.8. The molecule has 3 nitrogen and oxygen atoms in total. The third kappa shape index (κ3) is 3.40. The van der Waals surface area contributed by atoms with Crippen LogP contribution in [0.25, 0.3) is 0 Å². The van der Waals surface area contributed by atoms with E-state index >= 15 is 0 Å². The summed E-state index contributed by atoms with van der Waals surface area (Å²) in [6, 6.07) is 8.54. The summed E-state index contributed by atoms with van der Waals surface area (Å²) in [6.45, 7) is 3.56. The van der Waals surface area contributed by atoms with Gasteiger partial charge < -0.3 is 9.73 Å². The van der Waals surface area contributed by atoms with E-state index in [4.69, 9.17) is 16.0 Å². The van der Waals surface area contributed by atoms with Crippen molar-refractivity contribution in [3.63, 3.8) is 0 Å². The van der Waals surface area contributed by atoms with Gasteiger partial charge in [0, 0.05) is 26.2 Å². The third-order valence-corrected chi connectivity index (χ3v) is 4.00. The maximum absolute atomic E-state index is 13.8. The first-order valence-electron chi connectivity index (χ1n) is 6.69. The van der Waals surface area contributed by atoms with E-state index in [2.05, 4.69) is 10.2 Å². The van der Waals surface area contributed by atoms with Crippen molar-refractivity contribution >= 4 is 24.0 Å². The predicted octanol–water partition coefficient (Wildman–Crippen LogP) is 3.49. The molecule has 0 spiro atoms. The highest BCUT2D eigenvalue weighted by Gasteiger charge is 2.28. The molecule has 3 rings (SSSR count). The van der Waals surface area contributed by atoms with E-state index in [1.807, 2.05) is 18.2 Å². The number of furan rings is 1. The molecule has 1 atom stereocenters. The fourth-order valence-corrected chi connectivity index (χ4v) is 2.88. The van der Waals surface area contributed by atoms with Crippen LogP contribution in [0.1, 0.15) is 17.4 Å². The van der Waals surface area contributed by atoms with Gasteiger partial charge in [-0.05, 0) is 23.8 Å². The largest absolute Gasteiger partial charge is 0.467 e. The van der Waals surface area contributed by atoms with Crippen LogP contribution in [0.4, 0.5) is 4.39 Å². The Bertz CT molecular complexity index is 571. The zero-order chi connectivity index (χ0) is 13.9. The summed E-state index contributed by atoms with van der Waals surface area (Å²) in [7, 11) is 0. The minimum Gasteiger partial charge on any atom is -0.467 e. The Hall–Kier alpha value is -1.07. The fraction of sp³-hybridized carbons (Fsp3) is 0.333. The van der Waals surface area contributed by atoms with Crippen LogP contribution in [0, 0.1) is 5.82 Å². The average molecular weight is 331 g/mol. The van der Waals surface area contributed by atoms with E-state index in [-0.39, 0.29) is 23.5 Å². The molecule has 0 aliphatic carbocycles. The zero-order valence-electron chi connectivity index (χ0n) is 11.4. The van der Waals surface area contributed by atoms with Gasteiger partial charge in [0.25, 0.3) is 0 Å². The van der Waals surface area contributed by atoms with E-state index in [0.29, 0.717) is 0 Å². The molecule has 0 amide bonds. The lowest BCUT2D eigenvalue weighted by Crippen LogP contribution is -2.45. The Morgan fingerprint density at radius 2 is 1.95 bits per heavy atom. The molecule has 1 fully saturated rings. The van der Waals surface area contributed by atoms with Crippen molar-refractivity contribution < 1.29 is 8.81 Å². The van der Waals surface area contributed by atoms with Gasteiger partial charge in [0.2, 0.25) is 0 Å². The predicted molar refractivity (Wildman–Crippen MR) is 83.7 cm³/mol. The second-order valence-corrected chi connectivity index (χ2v) is 5.22. The maximum Gasteiger partial charge on any atom is 0.142 e. The lowest BCUT2D eigenvalue weighted by Gasteiger charge is -2.34. The van der Waals surface area contributed by atoms with E-state index in [0.717, 1.165) is 37.5 Å². The van der Waals surface area contributed by atoms with E-state index in [9.17, 15) is 4.39 Å². The van der Waals surface area contributed by atoms with Crippen LogP contribution in [0.15, 0.2) is 41.0 Å². The summed E-state index contributed by atoms with van der Waals surface area (Å²) in [4.78, 5) is 2.26. The number of piperazine rings is 1. The van der Waals surface area contributed by atoms with Gasteiger partial charge in [-0.2, -0.15) is 0 Å². The molecule has 1 aromatic carbocycles. The molecule has 1 aromatic heterocycles. The molecule has 6 heteroatoms. The third-order valence-electron chi connectivity index (χ3n) is 3.61. The van der Waals surface area contributed by atoms with Gasteiger partial charge >= 0.3 is 0 Å². The monoisotopic (exact) mass is 330 g/mol. The highest BCUT2D eigenvalue weighted by Crippen LogP contribution is 2.34. The molecular weight excluding hydrogens is 314 g/mol. The summed E-state index contributed by atoms with van der Waals surface area (Å²) in [5, 5.41) is 3.49. The molecule has 0 bridgehead atoms. The van der Waals surface area contributed by atoms with Crippen LogP contribution in [-0.4, -0.2) is 31.1 Å². The fourth-order valence-electron chi connectivity index (χ4n) is 2.65. The SMILES string of the molecule is Cl.Fc1cccc([C@@H](c2ccco2)N2CCNCC2)c1Cl. The average Bonchev–Trinajstić information content (AvgIpc) is 2.99. The zero-order valence-corrected chi connectivity index (χ0v) is 13.0. The minimum atomic E-state index is -0.393. The first kappa shape index (κ1) is 16.3. The smallest absolute Gasteiger partial charge is 0.142 e. The molecule has 1 saturated heterocycles. The number of halogens is 3. The van der Waals surface area contributed by atoms with Gasteiger partial charge in [0.1, 0.15) is 11.6 Å². The normalized spacial score (nSPS) is 17.2. The summed E-state index contributed by atoms with van der Waals surface area (Å²) < 4.78 is 19.3. The van der Waals surface area contributed by atoms with Crippen molar-refractivity contribution in [1.82, 2.24) is 10.2 Å². The molecule has 114 valence electrons. The van der Waals surface area contributed by atoms with Gasteiger partial charge in [-0.25, -0.2) is 4.39 Å². The Balaban J connectivity index is 0.00000161. The van der Waals surface area contributed by atoms with Crippen LogP contribution in [-0.2, 0) is 0 Å². The van der Waals surface area contributed by atoms with Gasteiger partial charge in [-0.3, -0.25) is 4.90 Å². The van der Waals surface area contributed by atoms with Gasteiger partial charge in [0.05, 0.1) is 17.3 Å². The molecule has 2 aromatic rings. The molecule has 0 radical (unpaired) electrons. The molecular formula is C15H17Cl2FN2O. The van der Waals surface area contributed by atoms with Gasteiger partial charge in [0.15, 0.2) is 0 Å². The van der Waals surface area contributed by atoms with Crippen LogP contribution >= 0.6 is 24.0 Å². The summed E-state index contributed by atoms with van der Waals surface area (Å²) in [6.07, 6.45) is 1.64. The summed E-state index contributed by atoms with van der Waals surface area (Å²) in [5.74, 6) is 0.398. The van der Waals surface area contributed by atoms with Crippen molar-refractivity contribution in [2.24, 2.45) is 0 Å². The Morgan fingerprint density at radius 1 is 1.19 bits per heavy atom. The molecule has 0 saturated carbocycles. The number of hydrogen-bond donors (Lipinski definition) is 1. The Morgan fingerprint density at radius 3 is 2.62 bits per heavy atom. The van der Waals surface area contributed by atoms with Crippen LogP contribution < -0.4 is 5.32 Å². The first-order valence-corrected chi connectivity index (χ1v) is 7.07. The summed E-state index contributed by atoms with van der Waals surface area (Å²) >= 11 is 6.17. The number of nitrogens with one attached hydrogen (secondary N) is 1. The van der Waals surface area contributed by atoms with Crippen LogP contribution in [0.3, 0.4) is 0 Å². The minimum absolute atomic E-state index is 0. The highest BCUT2D eigenvalue weighted by molar-refractivity contribution is 6.31. The number of benzene rings is 1. The Labute approximate surface area is 134 Å². The molecule has 1 N–H and O–H groups in total. The number of nitrogens with zero attached hydrogens (tertiary/aromatic N) is 1. The summed E-state index contributed by atoms with van der Waals surface area (Å²) in [5.41, 5.74) is 0.753. The van der Waals surface area contributed by atoms with Crippen molar-refractivity contribution in [2.45, 2.75) is 6.04 Å². The lowest BCUT2D eigenvalue weighted by molar-refractivity contribution is 0.180. The second-order valence-electron chi connectivity index (χ2n) is 4.85. The van der Waals surface area contributed by atoms with Crippen LogP contribution in [0.2, 0.25) is 5.02 Å². The van der Waals surface area contributed by atoms with Gasteiger partial charge in [-0.15, -0.1) is 12.4 Å². The van der Waals surface area contributed by atoms with Crippen molar-refractivity contribution in [1.29, 1.82) is 0 Å². The van der Waals surface area contributed by atoms with Crippen molar-refractivity contribution in [3.05, 3.63) is 58.8 Å². The van der Waals surface area contributed by atoms with Crippen molar-refractivity contribution in [3.8, 4) is 0 Å². The number of rotatable bonds is 3. The highest BCUT2D eigenvalue weighted by atomic mass is 35.5. The molecule has 2 heterocycles. The van der Waals surface area contributed by atoms with E-state index in [1.54, 1.807) is 12.3 Å². The topological polar surface area (TPSA) is 28.4 Å². The quantitative estimate of drug-likeness (QED) is 0.933. The second kappa shape index (κ2) is 7.27. The van der Waals surface area contributed by atoms with Gasteiger partial charge in [-0.1, -0.05) is 23.7 Å².